The van der Waals surface area contributed by atoms with E-state index in [1.807, 2.05) is 23.9 Å². The second-order valence-electron chi connectivity index (χ2n) is 7.12. The van der Waals surface area contributed by atoms with E-state index in [2.05, 4.69) is 46.5 Å². The Hall–Kier alpha value is -2.10. The highest BCUT2D eigenvalue weighted by molar-refractivity contribution is 14.0. The first-order chi connectivity index (χ1) is 14.2. The summed E-state index contributed by atoms with van der Waals surface area (Å²) in [5, 5.41) is 7.64. The van der Waals surface area contributed by atoms with Crippen LogP contribution in [0.3, 0.4) is 0 Å². The highest BCUT2D eigenvalue weighted by Crippen LogP contribution is 2.19. The van der Waals surface area contributed by atoms with Crippen molar-refractivity contribution in [3.63, 3.8) is 0 Å². The molecule has 164 valence electrons. The van der Waals surface area contributed by atoms with Gasteiger partial charge in [-0.05, 0) is 56.9 Å². The number of nitrogens with one attached hydrogen (secondary N) is 1. The number of carbonyl (C=O) groups excluding carboxylic acids is 1. The van der Waals surface area contributed by atoms with Crippen molar-refractivity contribution in [2.45, 2.75) is 33.1 Å². The van der Waals surface area contributed by atoms with Crippen LogP contribution in [0.5, 0.6) is 0 Å². The smallest absolute Gasteiger partial charge is 0.309 e. The predicted molar refractivity (Wildman–Crippen MR) is 130 cm³/mol. The molecule has 0 aliphatic carbocycles. The van der Waals surface area contributed by atoms with E-state index in [9.17, 15) is 4.79 Å². The van der Waals surface area contributed by atoms with Crippen molar-refractivity contribution in [2.24, 2.45) is 10.9 Å². The molecule has 0 spiro atoms. The molecule has 1 aliphatic rings. The molecule has 1 aromatic heterocycles. The van der Waals surface area contributed by atoms with Crippen LogP contribution in [0.25, 0.3) is 5.69 Å². The lowest BCUT2D eigenvalue weighted by molar-refractivity contribution is -0.149. The van der Waals surface area contributed by atoms with E-state index < -0.39 is 0 Å². The van der Waals surface area contributed by atoms with Crippen LogP contribution in [-0.4, -0.2) is 59.4 Å². The maximum atomic E-state index is 11.9. The minimum absolute atomic E-state index is 0. The van der Waals surface area contributed by atoms with Crippen molar-refractivity contribution < 1.29 is 9.53 Å². The Morgan fingerprint density at radius 2 is 1.97 bits per heavy atom. The summed E-state index contributed by atoms with van der Waals surface area (Å²) < 4.78 is 7.01. The van der Waals surface area contributed by atoms with E-state index in [-0.39, 0.29) is 35.9 Å². The van der Waals surface area contributed by atoms with Gasteiger partial charge in [0.1, 0.15) is 0 Å². The third kappa shape index (κ3) is 6.72. The molecule has 1 N–H and O–H groups in total. The first-order valence-electron chi connectivity index (χ1n) is 10.5. The molecule has 8 heteroatoms. The van der Waals surface area contributed by atoms with Crippen LogP contribution in [-0.2, 0) is 16.0 Å². The molecule has 0 amide bonds. The fraction of sp³-hybridized carbons (Fsp3) is 0.500. The number of rotatable bonds is 7. The zero-order valence-electron chi connectivity index (χ0n) is 17.8. The summed E-state index contributed by atoms with van der Waals surface area (Å²) in [5.41, 5.74) is 2.31. The van der Waals surface area contributed by atoms with Crippen LogP contribution in [0.1, 0.15) is 32.3 Å². The van der Waals surface area contributed by atoms with E-state index in [1.165, 1.54) is 5.56 Å². The Balaban J connectivity index is 0.00000320. The average molecular weight is 525 g/mol. The molecule has 2 aromatic rings. The molecule has 7 nitrogen and oxygen atoms in total. The second-order valence-corrected chi connectivity index (χ2v) is 7.12. The Bertz CT molecular complexity index is 784. The van der Waals surface area contributed by atoms with Gasteiger partial charge in [0.05, 0.1) is 18.2 Å². The summed E-state index contributed by atoms with van der Waals surface area (Å²) in [5.74, 6) is 0.887. The minimum Gasteiger partial charge on any atom is -0.466 e. The summed E-state index contributed by atoms with van der Waals surface area (Å²) in [6, 6.07) is 10.3. The molecule has 3 rings (SSSR count). The number of benzene rings is 1. The lowest BCUT2D eigenvalue weighted by Crippen LogP contribution is -2.46. The molecular weight excluding hydrogens is 493 g/mol. The molecule has 1 aromatic carbocycles. The Morgan fingerprint density at radius 1 is 1.23 bits per heavy atom. The molecule has 0 saturated carbocycles. The van der Waals surface area contributed by atoms with Crippen molar-refractivity contribution >= 4 is 35.9 Å². The topological polar surface area (TPSA) is 71.8 Å². The number of hydrogen-bond acceptors (Lipinski definition) is 4. The molecule has 0 bridgehead atoms. The Labute approximate surface area is 195 Å². The lowest BCUT2D eigenvalue weighted by atomic mass is 9.97. The molecule has 1 aliphatic heterocycles. The molecule has 2 heterocycles. The largest absolute Gasteiger partial charge is 0.466 e. The second kappa shape index (κ2) is 12.6. The highest BCUT2D eigenvalue weighted by Gasteiger charge is 2.27. The van der Waals surface area contributed by atoms with Gasteiger partial charge in [0.25, 0.3) is 0 Å². The monoisotopic (exact) mass is 525 g/mol. The fourth-order valence-corrected chi connectivity index (χ4v) is 3.54. The van der Waals surface area contributed by atoms with E-state index >= 15 is 0 Å². The first kappa shape index (κ1) is 24.2. The maximum Gasteiger partial charge on any atom is 0.309 e. The number of carbonyl (C=O) groups is 1. The van der Waals surface area contributed by atoms with E-state index in [1.54, 1.807) is 6.20 Å². The van der Waals surface area contributed by atoms with Gasteiger partial charge < -0.3 is 15.0 Å². The molecule has 1 fully saturated rings. The van der Waals surface area contributed by atoms with Crippen LogP contribution < -0.4 is 5.32 Å². The predicted octanol–water partition coefficient (Wildman–Crippen LogP) is 3.27. The van der Waals surface area contributed by atoms with Gasteiger partial charge in [0.2, 0.25) is 0 Å². The van der Waals surface area contributed by atoms with Crippen molar-refractivity contribution in [1.29, 1.82) is 0 Å². The van der Waals surface area contributed by atoms with Gasteiger partial charge in [0, 0.05) is 38.6 Å². The number of ether oxygens (including phenoxy) is 1. The van der Waals surface area contributed by atoms with Crippen molar-refractivity contribution in [1.82, 2.24) is 20.0 Å². The molecule has 1 saturated heterocycles. The summed E-state index contributed by atoms with van der Waals surface area (Å²) in [7, 11) is 0. The number of aromatic nitrogens is 2. The summed E-state index contributed by atoms with van der Waals surface area (Å²) in [6.07, 6.45) is 6.23. The molecule has 0 radical (unpaired) electrons. The number of nitrogens with zero attached hydrogens (tertiary/aromatic N) is 4. The van der Waals surface area contributed by atoms with Crippen LogP contribution in [0.4, 0.5) is 0 Å². The summed E-state index contributed by atoms with van der Waals surface area (Å²) in [4.78, 5) is 19.0. The average Bonchev–Trinajstić information content (AvgIpc) is 3.29. The van der Waals surface area contributed by atoms with Crippen molar-refractivity contribution in [3.8, 4) is 5.69 Å². The zero-order valence-corrected chi connectivity index (χ0v) is 20.1. The molecular formula is C22H32IN5O2. The number of piperidine rings is 1. The summed E-state index contributed by atoms with van der Waals surface area (Å²) >= 11 is 0. The number of halogens is 1. The number of guanidine groups is 1. The van der Waals surface area contributed by atoms with E-state index in [0.717, 1.165) is 57.1 Å². The Kier molecular flexibility index (Phi) is 10.1. The number of esters is 1. The van der Waals surface area contributed by atoms with Gasteiger partial charge in [-0.2, -0.15) is 5.10 Å². The number of hydrogen-bond donors (Lipinski definition) is 1. The van der Waals surface area contributed by atoms with Crippen LogP contribution in [0, 0.1) is 5.92 Å². The van der Waals surface area contributed by atoms with Crippen LogP contribution in [0.2, 0.25) is 0 Å². The standard InChI is InChI=1S/C22H31N5O2.HI/c1-3-23-22(26-16-11-19(12-17-26)21(28)29-4-2)24-14-10-18-6-8-20(9-7-18)27-15-5-13-25-27;/h5-9,13,15,19H,3-4,10-12,14,16-17H2,1-2H3,(H,23,24);1H. The number of aliphatic imine (C=N–C) groups is 1. The number of likely N-dealkylation sites (tertiary alicyclic amines) is 1. The third-order valence-electron chi connectivity index (χ3n) is 5.12. The van der Waals surface area contributed by atoms with Gasteiger partial charge in [0.15, 0.2) is 5.96 Å². The Morgan fingerprint density at radius 3 is 2.57 bits per heavy atom. The molecule has 0 unspecified atom stereocenters. The van der Waals surface area contributed by atoms with Crippen LogP contribution in [0.15, 0.2) is 47.7 Å². The third-order valence-corrected chi connectivity index (χ3v) is 5.12. The normalized spacial score (nSPS) is 14.9. The van der Waals surface area contributed by atoms with Gasteiger partial charge in [-0.3, -0.25) is 9.79 Å². The molecule has 0 atom stereocenters. The highest BCUT2D eigenvalue weighted by atomic mass is 127. The fourth-order valence-electron chi connectivity index (χ4n) is 3.54. The van der Waals surface area contributed by atoms with E-state index in [0.29, 0.717) is 6.61 Å². The maximum absolute atomic E-state index is 11.9. The van der Waals surface area contributed by atoms with Gasteiger partial charge in [-0.25, -0.2) is 4.68 Å². The summed E-state index contributed by atoms with van der Waals surface area (Å²) in [6.45, 7) is 7.59. The quantitative estimate of drug-likeness (QED) is 0.260. The SMILES string of the molecule is CCNC(=NCCc1ccc(-n2cccn2)cc1)N1CCC(C(=O)OCC)CC1.I. The van der Waals surface area contributed by atoms with Gasteiger partial charge >= 0.3 is 5.97 Å². The first-order valence-corrected chi connectivity index (χ1v) is 10.5. The molecule has 30 heavy (non-hydrogen) atoms. The lowest BCUT2D eigenvalue weighted by Gasteiger charge is -2.33. The van der Waals surface area contributed by atoms with Gasteiger partial charge in [-0.15, -0.1) is 24.0 Å². The van der Waals surface area contributed by atoms with Crippen LogP contribution >= 0.6 is 24.0 Å². The van der Waals surface area contributed by atoms with E-state index in [4.69, 9.17) is 9.73 Å². The van der Waals surface area contributed by atoms with Crippen molar-refractivity contribution in [2.75, 3.05) is 32.8 Å². The van der Waals surface area contributed by atoms with Gasteiger partial charge in [-0.1, -0.05) is 12.1 Å². The van der Waals surface area contributed by atoms with Crippen molar-refractivity contribution in [3.05, 3.63) is 48.3 Å². The zero-order chi connectivity index (χ0) is 20.5. The minimum atomic E-state index is -0.0624.